The van der Waals surface area contributed by atoms with Crippen LogP contribution in [0, 0.1) is 0 Å². The maximum atomic E-state index is 11.9. The van der Waals surface area contributed by atoms with Gasteiger partial charge in [-0.05, 0) is 18.1 Å². The molecule has 0 bridgehead atoms. The fourth-order valence-corrected chi connectivity index (χ4v) is 2.22. The minimum atomic E-state index is -0.542. The van der Waals surface area contributed by atoms with E-state index in [1.54, 1.807) is 18.2 Å². The normalized spacial score (nSPS) is 10.2. The van der Waals surface area contributed by atoms with Crippen LogP contribution in [0.1, 0.15) is 33.3 Å². The van der Waals surface area contributed by atoms with Gasteiger partial charge in [0.15, 0.2) is 6.29 Å². The summed E-state index contributed by atoms with van der Waals surface area (Å²) in [5, 5.41) is 0. The number of nitrogens with one attached hydrogen (secondary N) is 1. The molecule has 2 heterocycles. The maximum Gasteiger partial charge on any atom is 0.340 e. The minimum Gasteiger partial charge on any atom is -0.481 e. The first kappa shape index (κ1) is 14.8. The number of hydrogen-bond acceptors (Lipinski definition) is 5. The molecule has 0 aliphatic carbocycles. The van der Waals surface area contributed by atoms with Gasteiger partial charge in [0.05, 0.1) is 36.9 Å². The smallest absolute Gasteiger partial charge is 0.340 e. The molecule has 2 aromatic heterocycles. The zero-order chi connectivity index (χ0) is 15.4. The van der Waals surface area contributed by atoms with Gasteiger partial charge in [-0.3, -0.25) is 4.79 Å². The molecule has 110 valence electrons. The Morgan fingerprint density at radius 1 is 1.38 bits per heavy atom. The minimum absolute atomic E-state index is 0.193. The van der Waals surface area contributed by atoms with Crippen LogP contribution in [0.4, 0.5) is 0 Å². The van der Waals surface area contributed by atoms with Crippen molar-refractivity contribution >= 4 is 12.3 Å². The Labute approximate surface area is 122 Å². The van der Waals surface area contributed by atoms with Gasteiger partial charge in [-0.1, -0.05) is 13.0 Å². The third-order valence-corrected chi connectivity index (χ3v) is 3.18. The molecule has 1 N–H and O–H groups in total. The Kier molecular flexibility index (Phi) is 4.37. The molecular weight excluding hydrogens is 272 g/mol. The molecule has 0 spiro atoms. The quantitative estimate of drug-likeness (QED) is 0.674. The number of esters is 1. The van der Waals surface area contributed by atoms with Gasteiger partial charge in [-0.2, -0.15) is 0 Å². The summed E-state index contributed by atoms with van der Waals surface area (Å²) in [4.78, 5) is 30.4. The van der Waals surface area contributed by atoms with Gasteiger partial charge in [-0.15, -0.1) is 0 Å². The lowest BCUT2D eigenvalue weighted by molar-refractivity contribution is 0.0597. The van der Waals surface area contributed by atoms with E-state index in [4.69, 9.17) is 9.47 Å². The number of aromatic nitrogens is 2. The lowest BCUT2D eigenvalue weighted by Gasteiger charge is -2.05. The first-order chi connectivity index (χ1) is 10.2. The van der Waals surface area contributed by atoms with E-state index in [0.717, 1.165) is 0 Å². The van der Waals surface area contributed by atoms with Gasteiger partial charge in [0.25, 0.3) is 0 Å². The molecule has 0 radical (unpaired) electrons. The highest BCUT2D eigenvalue weighted by Crippen LogP contribution is 2.28. The van der Waals surface area contributed by atoms with Crippen LogP contribution < -0.4 is 4.74 Å². The third-order valence-electron chi connectivity index (χ3n) is 3.18. The third kappa shape index (κ3) is 2.65. The summed E-state index contributed by atoms with van der Waals surface area (Å²) in [5.74, 6) is -0.0872. The van der Waals surface area contributed by atoms with E-state index < -0.39 is 5.97 Å². The van der Waals surface area contributed by atoms with Crippen LogP contribution in [-0.2, 0) is 11.2 Å². The van der Waals surface area contributed by atoms with E-state index in [-0.39, 0.29) is 11.3 Å². The summed E-state index contributed by atoms with van der Waals surface area (Å²) < 4.78 is 9.85. The van der Waals surface area contributed by atoms with Crippen molar-refractivity contribution in [3.63, 3.8) is 0 Å². The van der Waals surface area contributed by atoms with Crippen molar-refractivity contribution in [2.24, 2.45) is 0 Å². The molecule has 21 heavy (non-hydrogen) atoms. The van der Waals surface area contributed by atoms with Gasteiger partial charge >= 0.3 is 5.97 Å². The van der Waals surface area contributed by atoms with Crippen molar-refractivity contribution in [3.8, 4) is 17.3 Å². The Hall–Kier alpha value is -2.63. The molecule has 0 fully saturated rings. The predicted octanol–water partition coefficient (Wildman–Crippen LogP) is 2.25. The standard InChI is InChI=1S/C15H16N2O4/c1-4-9-13(15(19)21-3)11(8-18)17-14(9)10-6-5-7-12(16-10)20-2/h5-8,17H,4H2,1-3H3. The van der Waals surface area contributed by atoms with Crippen molar-refractivity contribution in [2.75, 3.05) is 14.2 Å². The molecule has 0 aliphatic rings. The van der Waals surface area contributed by atoms with Crippen LogP contribution in [0.5, 0.6) is 5.88 Å². The Morgan fingerprint density at radius 2 is 2.14 bits per heavy atom. The number of methoxy groups -OCH3 is 2. The van der Waals surface area contributed by atoms with Gasteiger partial charge < -0.3 is 14.5 Å². The molecule has 0 saturated heterocycles. The highest BCUT2D eigenvalue weighted by molar-refractivity contribution is 6.01. The monoisotopic (exact) mass is 288 g/mol. The van der Waals surface area contributed by atoms with Crippen LogP contribution in [0.15, 0.2) is 18.2 Å². The average Bonchev–Trinajstić information content (AvgIpc) is 2.92. The maximum absolute atomic E-state index is 11.9. The Bertz CT molecular complexity index is 676. The zero-order valence-corrected chi connectivity index (χ0v) is 12.1. The highest BCUT2D eigenvalue weighted by Gasteiger charge is 2.23. The lowest BCUT2D eigenvalue weighted by Crippen LogP contribution is -2.06. The fourth-order valence-electron chi connectivity index (χ4n) is 2.22. The van der Waals surface area contributed by atoms with Crippen LogP contribution in [0.25, 0.3) is 11.4 Å². The van der Waals surface area contributed by atoms with Crippen LogP contribution in [0.2, 0.25) is 0 Å². The van der Waals surface area contributed by atoms with Crippen molar-refractivity contribution < 1.29 is 19.1 Å². The number of H-pyrrole nitrogens is 1. The first-order valence-corrected chi connectivity index (χ1v) is 6.46. The number of carbonyl (C=O) groups excluding carboxylic acids is 2. The molecule has 0 atom stereocenters. The second-order valence-electron chi connectivity index (χ2n) is 4.30. The van der Waals surface area contributed by atoms with Gasteiger partial charge in [0.1, 0.15) is 0 Å². The molecule has 0 saturated carbocycles. The molecule has 0 unspecified atom stereocenters. The van der Waals surface area contributed by atoms with E-state index in [1.165, 1.54) is 14.2 Å². The molecule has 0 aliphatic heterocycles. The SMILES string of the molecule is CCc1c(-c2cccc(OC)n2)[nH]c(C=O)c1C(=O)OC. The number of hydrogen-bond donors (Lipinski definition) is 1. The van der Waals surface area contributed by atoms with E-state index in [0.29, 0.717) is 35.5 Å². The number of aldehydes is 1. The first-order valence-electron chi connectivity index (χ1n) is 6.46. The number of carbonyl (C=O) groups is 2. The van der Waals surface area contributed by atoms with Gasteiger partial charge in [0.2, 0.25) is 5.88 Å². The number of pyridine rings is 1. The second-order valence-corrected chi connectivity index (χ2v) is 4.30. The van der Waals surface area contributed by atoms with Gasteiger partial charge in [0, 0.05) is 6.07 Å². The van der Waals surface area contributed by atoms with E-state index >= 15 is 0 Å². The van der Waals surface area contributed by atoms with Crippen LogP contribution in [-0.4, -0.2) is 36.4 Å². The van der Waals surface area contributed by atoms with Crippen molar-refractivity contribution in [1.29, 1.82) is 0 Å². The summed E-state index contributed by atoms with van der Waals surface area (Å²) in [6.07, 6.45) is 1.16. The molecule has 2 rings (SSSR count). The predicted molar refractivity (Wildman–Crippen MR) is 76.7 cm³/mol. The summed E-state index contributed by atoms with van der Waals surface area (Å²) in [6.45, 7) is 1.90. The Morgan fingerprint density at radius 3 is 2.71 bits per heavy atom. The van der Waals surface area contributed by atoms with Crippen molar-refractivity contribution in [3.05, 3.63) is 35.0 Å². The Balaban J connectivity index is 2.66. The molecule has 0 aromatic carbocycles. The summed E-state index contributed by atoms with van der Waals surface area (Å²) in [6, 6.07) is 5.29. The van der Waals surface area contributed by atoms with E-state index in [2.05, 4.69) is 9.97 Å². The molecule has 2 aromatic rings. The lowest BCUT2D eigenvalue weighted by atomic mass is 10.0. The number of ether oxygens (including phenoxy) is 2. The zero-order valence-electron chi connectivity index (χ0n) is 12.1. The summed E-state index contributed by atoms with van der Waals surface area (Å²) in [5.41, 5.74) is 2.38. The highest BCUT2D eigenvalue weighted by atomic mass is 16.5. The average molecular weight is 288 g/mol. The van der Waals surface area contributed by atoms with Crippen molar-refractivity contribution in [2.45, 2.75) is 13.3 Å². The topological polar surface area (TPSA) is 81.3 Å². The number of nitrogens with zero attached hydrogens (tertiary/aromatic N) is 1. The number of aromatic amines is 1. The van der Waals surface area contributed by atoms with E-state index in [9.17, 15) is 9.59 Å². The summed E-state index contributed by atoms with van der Waals surface area (Å²) >= 11 is 0. The fraction of sp³-hybridized carbons (Fsp3) is 0.267. The molecule has 6 nitrogen and oxygen atoms in total. The molecular formula is C15H16N2O4. The largest absolute Gasteiger partial charge is 0.481 e. The van der Waals surface area contributed by atoms with Crippen molar-refractivity contribution in [1.82, 2.24) is 9.97 Å². The van der Waals surface area contributed by atoms with Crippen LogP contribution >= 0.6 is 0 Å². The summed E-state index contributed by atoms with van der Waals surface area (Å²) in [7, 11) is 2.81. The number of rotatable bonds is 5. The van der Waals surface area contributed by atoms with Gasteiger partial charge in [-0.25, -0.2) is 9.78 Å². The molecule has 6 heteroatoms. The van der Waals surface area contributed by atoms with Crippen LogP contribution in [0.3, 0.4) is 0 Å². The van der Waals surface area contributed by atoms with E-state index in [1.807, 2.05) is 6.92 Å². The second kappa shape index (κ2) is 6.21. The molecule has 0 amide bonds.